The van der Waals surface area contributed by atoms with Gasteiger partial charge in [-0.25, -0.2) is 0 Å². The van der Waals surface area contributed by atoms with Crippen molar-refractivity contribution in [3.8, 4) is 11.5 Å². The molecule has 2 aromatic carbocycles. The number of benzene rings is 2. The smallest absolute Gasteiger partial charge is 0.293 e. The van der Waals surface area contributed by atoms with E-state index in [1.54, 1.807) is 31.4 Å². The number of H-pyrrole nitrogens is 1. The van der Waals surface area contributed by atoms with Crippen LogP contribution in [0, 0.1) is 0 Å². The third-order valence-electron chi connectivity index (χ3n) is 5.26. The largest absolute Gasteiger partial charge is 0.493 e. The Morgan fingerprint density at radius 2 is 1.91 bits per heavy atom. The highest BCUT2D eigenvalue weighted by molar-refractivity contribution is 8.18. The van der Waals surface area contributed by atoms with E-state index in [1.165, 1.54) is 7.11 Å². The number of rotatable bonds is 8. The molecule has 0 spiro atoms. The molecule has 0 radical (unpaired) electrons. The molecule has 4 rings (SSSR count). The Kier molecular flexibility index (Phi) is 6.69. The highest BCUT2D eigenvalue weighted by Crippen LogP contribution is 2.34. The van der Waals surface area contributed by atoms with Crippen molar-refractivity contribution >= 4 is 45.8 Å². The molecule has 0 aliphatic carbocycles. The van der Waals surface area contributed by atoms with Gasteiger partial charge in [-0.1, -0.05) is 24.3 Å². The first kappa shape index (κ1) is 22.5. The van der Waals surface area contributed by atoms with Gasteiger partial charge in [-0.2, -0.15) is 0 Å². The van der Waals surface area contributed by atoms with Crippen molar-refractivity contribution in [1.82, 2.24) is 15.2 Å². The number of ether oxygens (including phenoxy) is 2. The topological polar surface area (TPSA) is 101 Å². The molecule has 2 heterocycles. The van der Waals surface area contributed by atoms with Crippen molar-refractivity contribution in [2.45, 2.75) is 6.42 Å². The second-order valence-electron chi connectivity index (χ2n) is 7.33. The minimum absolute atomic E-state index is 0.105. The minimum Gasteiger partial charge on any atom is -0.493 e. The van der Waals surface area contributed by atoms with Crippen LogP contribution in [0.3, 0.4) is 0 Å². The van der Waals surface area contributed by atoms with Crippen molar-refractivity contribution in [3.63, 3.8) is 0 Å². The average Bonchev–Trinajstić information content (AvgIpc) is 3.34. The zero-order valence-electron chi connectivity index (χ0n) is 18.2. The molecule has 1 aromatic heterocycles. The van der Waals surface area contributed by atoms with Gasteiger partial charge in [0.2, 0.25) is 5.91 Å². The molecule has 1 fully saturated rings. The molecular formula is C24H23N3O5S. The van der Waals surface area contributed by atoms with Crippen LogP contribution in [0.5, 0.6) is 11.5 Å². The van der Waals surface area contributed by atoms with Crippen LogP contribution in [0.4, 0.5) is 4.79 Å². The summed E-state index contributed by atoms with van der Waals surface area (Å²) in [5.74, 6) is 0.549. The number of nitrogens with zero attached hydrogens (tertiary/aromatic N) is 1. The fourth-order valence-electron chi connectivity index (χ4n) is 3.61. The molecule has 3 aromatic rings. The Balaban J connectivity index is 1.34. The predicted molar refractivity (Wildman–Crippen MR) is 127 cm³/mol. The lowest BCUT2D eigenvalue weighted by Crippen LogP contribution is -2.37. The van der Waals surface area contributed by atoms with Crippen LogP contribution < -0.4 is 14.8 Å². The van der Waals surface area contributed by atoms with Gasteiger partial charge in [0.15, 0.2) is 11.5 Å². The second-order valence-corrected chi connectivity index (χ2v) is 8.33. The molecule has 2 N–H and O–H groups in total. The Bertz CT molecular complexity index is 1250. The molecule has 1 aliphatic rings. The number of aromatic amines is 1. The van der Waals surface area contributed by atoms with E-state index in [0.29, 0.717) is 22.0 Å². The summed E-state index contributed by atoms with van der Waals surface area (Å²) in [5.41, 5.74) is 2.58. The number of thioether (sulfide) groups is 1. The van der Waals surface area contributed by atoms with Crippen molar-refractivity contribution in [2.24, 2.45) is 0 Å². The predicted octanol–water partition coefficient (Wildman–Crippen LogP) is 3.58. The van der Waals surface area contributed by atoms with E-state index in [2.05, 4.69) is 10.3 Å². The normalized spacial score (nSPS) is 14.8. The highest BCUT2D eigenvalue weighted by Gasteiger charge is 2.34. The van der Waals surface area contributed by atoms with Crippen LogP contribution in [0.25, 0.3) is 17.0 Å². The fourth-order valence-corrected chi connectivity index (χ4v) is 4.47. The van der Waals surface area contributed by atoms with Crippen LogP contribution in [-0.2, 0) is 16.0 Å². The molecule has 33 heavy (non-hydrogen) atoms. The molecular weight excluding hydrogens is 442 g/mol. The van der Waals surface area contributed by atoms with Crippen molar-refractivity contribution in [2.75, 3.05) is 27.3 Å². The Hall–Kier alpha value is -3.72. The van der Waals surface area contributed by atoms with E-state index in [4.69, 9.17) is 9.47 Å². The Morgan fingerprint density at radius 3 is 2.70 bits per heavy atom. The summed E-state index contributed by atoms with van der Waals surface area (Å²) in [4.78, 5) is 42.0. The minimum atomic E-state index is -0.384. The number of hydrogen-bond donors (Lipinski definition) is 2. The number of para-hydroxylation sites is 1. The number of methoxy groups -OCH3 is 2. The number of fused-ring (bicyclic) bond motifs is 1. The lowest BCUT2D eigenvalue weighted by atomic mass is 10.1. The lowest BCUT2D eigenvalue weighted by molar-refractivity contribution is -0.124. The Morgan fingerprint density at radius 1 is 1.12 bits per heavy atom. The van der Waals surface area contributed by atoms with Crippen LogP contribution >= 0.6 is 11.8 Å². The monoisotopic (exact) mass is 465 g/mol. The first-order valence-corrected chi connectivity index (χ1v) is 11.1. The molecule has 0 saturated carbocycles. The third kappa shape index (κ3) is 4.88. The van der Waals surface area contributed by atoms with Crippen molar-refractivity contribution < 1.29 is 23.9 Å². The first-order chi connectivity index (χ1) is 16.0. The van der Waals surface area contributed by atoms with E-state index >= 15 is 0 Å². The Labute approximate surface area is 194 Å². The van der Waals surface area contributed by atoms with E-state index < -0.39 is 0 Å². The summed E-state index contributed by atoms with van der Waals surface area (Å²) in [6.07, 6.45) is 3.67. The number of nitrogens with one attached hydrogen (secondary N) is 2. The summed E-state index contributed by atoms with van der Waals surface area (Å²) in [5, 5.41) is 3.42. The number of carbonyl (C=O) groups is 3. The van der Waals surface area contributed by atoms with Crippen LogP contribution in [0.1, 0.15) is 11.1 Å². The van der Waals surface area contributed by atoms with Crippen LogP contribution in [0.2, 0.25) is 0 Å². The SMILES string of the molecule is COc1ccc(/C=C2\SC(=O)N(CCNC(=O)Cc3c[nH]c4ccccc34)C2=O)cc1OC. The molecule has 0 bridgehead atoms. The summed E-state index contributed by atoms with van der Waals surface area (Å²) in [6, 6.07) is 13.0. The average molecular weight is 466 g/mol. The van der Waals surface area contributed by atoms with Gasteiger partial charge in [-0.05, 0) is 47.2 Å². The number of amides is 3. The van der Waals surface area contributed by atoms with Gasteiger partial charge in [0.05, 0.1) is 25.5 Å². The van der Waals surface area contributed by atoms with Gasteiger partial charge in [-0.15, -0.1) is 0 Å². The van der Waals surface area contributed by atoms with Gasteiger partial charge >= 0.3 is 0 Å². The fraction of sp³-hybridized carbons (Fsp3) is 0.208. The van der Waals surface area contributed by atoms with Crippen LogP contribution in [0.15, 0.2) is 53.6 Å². The quantitative estimate of drug-likeness (QED) is 0.493. The van der Waals surface area contributed by atoms with E-state index in [0.717, 1.165) is 33.1 Å². The van der Waals surface area contributed by atoms with Gasteiger partial charge < -0.3 is 19.8 Å². The molecule has 3 amide bonds. The summed E-state index contributed by atoms with van der Waals surface area (Å²) in [6.45, 7) is 0.288. The summed E-state index contributed by atoms with van der Waals surface area (Å²) in [7, 11) is 3.07. The first-order valence-electron chi connectivity index (χ1n) is 10.3. The van der Waals surface area contributed by atoms with Crippen molar-refractivity contribution in [3.05, 3.63) is 64.7 Å². The molecule has 0 unspecified atom stereocenters. The maximum Gasteiger partial charge on any atom is 0.293 e. The van der Waals surface area contributed by atoms with Gasteiger partial charge in [0.1, 0.15) is 0 Å². The molecule has 170 valence electrons. The standard InChI is InChI=1S/C24H23N3O5S/c1-31-19-8-7-15(11-20(19)32-2)12-21-23(29)27(24(30)33-21)10-9-25-22(28)13-16-14-26-18-6-4-3-5-17(16)18/h3-8,11-12,14,26H,9-10,13H2,1-2H3,(H,25,28)/b21-12-. The third-order valence-corrected chi connectivity index (χ3v) is 6.17. The maximum absolute atomic E-state index is 12.7. The highest BCUT2D eigenvalue weighted by atomic mass is 32.2. The zero-order chi connectivity index (χ0) is 23.4. The zero-order valence-corrected chi connectivity index (χ0v) is 19.0. The molecule has 8 nitrogen and oxygen atoms in total. The maximum atomic E-state index is 12.7. The second kappa shape index (κ2) is 9.83. The van der Waals surface area contributed by atoms with Gasteiger partial charge in [0.25, 0.3) is 11.1 Å². The summed E-state index contributed by atoms with van der Waals surface area (Å²) >= 11 is 0.874. The number of carbonyl (C=O) groups excluding carboxylic acids is 3. The van der Waals surface area contributed by atoms with Gasteiger partial charge in [0, 0.05) is 30.2 Å². The van der Waals surface area contributed by atoms with E-state index in [9.17, 15) is 14.4 Å². The molecule has 1 aliphatic heterocycles. The number of aromatic nitrogens is 1. The van der Waals surface area contributed by atoms with Gasteiger partial charge in [-0.3, -0.25) is 19.3 Å². The molecule has 0 atom stereocenters. The van der Waals surface area contributed by atoms with Crippen molar-refractivity contribution in [1.29, 1.82) is 0 Å². The number of hydrogen-bond acceptors (Lipinski definition) is 6. The molecule has 9 heteroatoms. The van der Waals surface area contributed by atoms with Crippen LogP contribution in [-0.4, -0.2) is 54.2 Å². The lowest BCUT2D eigenvalue weighted by Gasteiger charge is -2.13. The van der Waals surface area contributed by atoms with E-state index in [1.807, 2.05) is 30.5 Å². The van der Waals surface area contributed by atoms with E-state index in [-0.39, 0.29) is 36.6 Å². The summed E-state index contributed by atoms with van der Waals surface area (Å²) < 4.78 is 10.5. The molecule has 1 saturated heterocycles. The number of imide groups is 1.